The Kier molecular flexibility index (Phi) is 5.12. The maximum absolute atomic E-state index is 14.9. The Morgan fingerprint density at radius 1 is 1.14 bits per heavy atom. The molecule has 0 spiro atoms. The molecule has 3 saturated carbocycles. The van der Waals surface area contributed by atoms with E-state index in [0.717, 1.165) is 37.1 Å². The molecule has 0 aliphatic heterocycles. The molecule has 0 saturated heterocycles. The zero-order valence-corrected chi connectivity index (χ0v) is 19.8. The molecule has 2 aromatic heterocycles. The molecule has 2 heterocycles. The first-order chi connectivity index (χ1) is 16.4. The van der Waals surface area contributed by atoms with Gasteiger partial charge in [-0.25, -0.2) is 13.5 Å². The normalized spacial score (nSPS) is 22.7. The number of halogens is 2. The Bertz CT molecular complexity index is 1330. The average Bonchev–Trinajstić information content (AvgIpc) is 3.31. The molecule has 0 unspecified atom stereocenters. The van der Waals surface area contributed by atoms with Crippen molar-refractivity contribution in [2.45, 2.75) is 64.3 Å². The summed E-state index contributed by atoms with van der Waals surface area (Å²) in [6.45, 7) is 5.83. The van der Waals surface area contributed by atoms with E-state index in [9.17, 15) is 18.4 Å². The Balaban J connectivity index is 1.34. The number of nitrogen functional groups attached to an aromatic ring is 1. The molecule has 2 bridgehead atoms. The van der Waals surface area contributed by atoms with E-state index in [1.807, 2.05) is 0 Å². The van der Waals surface area contributed by atoms with E-state index in [1.165, 1.54) is 4.68 Å². The number of nitrogens with two attached hydrogens (primary N) is 2. The third-order valence-electron chi connectivity index (χ3n) is 7.24. The second-order valence-electron chi connectivity index (χ2n) is 10.6. The highest BCUT2D eigenvalue weighted by molar-refractivity contribution is 6.03. The van der Waals surface area contributed by atoms with Crippen molar-refractivity contribution in [2.24, 2.45) is 11.1 Å². The predicted octanol–water partition coefficient (Wildman–Crippen LogP) is 3.87. The molecule has 1 amide bonds. The summed E-state index contributed by atoms with van der Waals surface area (Å²) in [7, 11) is 0. The first-order valence-electron chi connectivity index (χ1n) is 11.6. The van der Waals surface area contributed by atoms with Crippen molar-refractivity contribution in [3.8, 4) is 11.3 Å². The number of carbonyl (C=O) groups excluding carboxylic acids is 2. The quantitative estimate of drug-likeness (QED) is 0.500. The highest BCUT2D eigenvalue weighted by Crippen LogP contribution is 2.73. The monoisotopic (exact) mass is 483 g/mol. The summed E-state index contributed by atoms with van der Waals surface area (Å²) < 4.78 is 36.6. The van der Waals surface area contributed by atoms with Crippen molar-refractivity contribution in [1.82, 2.24) is 14.9 Å². The van der Waals surface area contributed by atoms with Crippen molar-refractivity contribution in [2.75, 3.05) is 5.73 Å². The summed E-state index contributed by atoms with van der Waals surface area (Å²) in [4.78, 5) is 24.6. The van der Waals surface area contributed by atoms with Crippen LogP contribution in [0.25, 0.3) is 11.3 Å². The van der Waals surface area contributed by atoms with Gasteiger partial charge in [0.25, 0.3) is 5.91 Å². The summed E-state index contributed by atoms with van der Waals surface area (Å²) in [6, 6.07) is 3.64. The topological polar surface area (TPSA) is 130 Å². The number of amides is 1. The third-order valence-corrected chi connectivity index (χ3v) is 7.24. The number of aromatic nitrogens is 3. The SMILES string of the molecule is CC(C)n1nc(-c2cc(F)c(CC(=O)Cc3cc(C45CC(C)(C4)C5)no3)c(F)c2)c(C(N)=O)c1N. The molecule has 184 valence electrons. The minimum absolute atomic E-state index is 0.00299. The van der Waals surface area contributed by atoms with Crippen LogP contribution in [0.4, 0.5) is 14.6 Å². The van der Waals surface area contributed by atoms with Crippen LogP contribution >= 0.6 is 0 Å². The van der Waals surface area contributed by atoms with Gasteiger partial charge in [0.1, 0.15) is 40.3 Å². The van der Waals surface area contributed by atoms with Gasteiger partial charge in [0, 0.05) is 35.1 Å². The van der Waals surface area contributed by atoms with Gasteiger partial charge in [-0.2, -0.15) is 5.10 Å². The first kappa shape index (κ1) is 23.2. The van der Waals surface area contributed by atoms with Gasteiger partial charge in [0.15, 0.2) is 0 Å². The van der Waals surface area contributed by atoms with Gasteiger partial charge in [-0.1, -0.05) is 12.1 Å². The van der Waals surface area contributed by atoms with E-state index >= 15 is 0 Å². The fraction of sp³-hybridized carbons (Fsp3) is 0.440. The first-order valence-corrected chi connectivity index (χ1v) is 11.6. The number of primary amides is 1. The number of benzene rings is 1. The molecule has 35 heavy (non-hydrogen) atoms. The van der Waals surface area contributed by atoms with Crippen LogP contribution < -0.4 is 11.5 Å². The van der Waals surface area contributed by atoms with Crippen molar-refractivity contribution < 1.29 is 22.9 Å². The van der Waals surface area contributed by atoms with Crippen LogP contribution in [-0.4, -0.2) is 26.6 Å². The molecular formula is C25H27F2N5O3. The minimum atomic E-state index is -0.929. The van der Waals surface area contributed by atoms with Gasteiger partial charge < -0.3 is 16.0 Å². The van der Waals surface area contributed by atoms with E-state index in [-0.39, 0.29) is 46.1 Å². The summed E-state index contributed by atoms with van der Waals surface area (Å²) in [5.41, 5.74) is 12.3. The Morgan fingerprint density at radius 3 is 2.31 bits per heavy atom. The number of carbonyl (C=O) groups is 2. The summed E-state index contributed by atoms with van der Waals surface area (Å²) in [6.07, 6.45) is 2.65. The lowest BCUT2D eigenvalue weighted by Crippen LogP contribution is -2.63. The van der Waals surface area contributed by atoms with Gasteiger partial charge in [0.2, 0.25) is 0 Å². The maximum Gasteiger partial charge on any atom is 0.254 e. The van der Waals surface area contributed by atoms with E-state index in [1.54, 1.807) is 19.9 Å². The molecule has 6 rings (SSSR count). The number of nitrogens with zero attached hydrogens (tertiary/aromatic N) is 3. The lowest BCUT2D eigenvalue weighted by molar-refractivity contribution is -0.129. The number of Topliss-reactive ketones (excluding diaryl/α,β-unsaturated/α-hetero) is 1. The van der Waals surface area contributed by atoms with E-state index < -0.39 is 29.7 Å². The fourth-order valence-corrected chi connectivity index (χ4v) is 5.86. The average molecular weight is 484 g/mol. The number of rotatable bonds is 8. The van der Waals surface area contributed by atoms with Crippen LogP contribution in [0.15, 0.2) is 22.7 Å². The van der Waals surface area contributed by atoms with Crippen LogP contribution in [-0.2, 0) is 23.1 Å². The number of hydrogen-bond acceptors (Lipinski definition) is 6. The van der Waals surface area contributed by atoms with Crippen LogP contribution in [0, 0.1) is 17.0 Å². The third kappa shape index (κ3) is 3.71. The van der Waals surface area contributed by atoms with Gasteiger partial charge in [-0.05, 0) is 50.7 Å². The number of hydrogen-bond donors (Lipinski definition) is 2. The predicted molar refractivity (Wildman–Crippen MR) is 123 cm³/mol. The minimum Gasteiger partial charge on any atom is -0.383 e. The smallest absolute Gasteiger partial charge is 0.254 e. The van der Waals surface area contributed by atoms with Crippen LogP contribution in [0.5, 0.6) is 0 Å². The molecule has 3 aliphatic carbocycles. The maximum atomic E-state index is 14.9. The molecule has 0 atom stereocenters. The van der Waals surface area contributed by atoms with Crippen LogP contribution in [0.3, 0.4) is 0 Å². The number of ketones is 1. The molecular weight excluding hydrogens is 456 g/mol. The molecule has 1 aromatic carbocycles. The molecule has 3 fully saturated rings. The van der Waals surface area contributed by atoms with Crippen molar-refractivity contribution in [3.05, 3.63) is 52.4 Å². The second kappa shape index (κ2) is 7.73. The number of anilines is 1. The highest BCUT2D eigenvalue weighted by atomic mass is 19.1. The van der Waals surface area contributed by atoms with E-state index in [2.05, 4.69) is 17.2 Å². The summed E-state index contributed by atoms with van der Waals surface area (Å²) >= 11 is 0. The zero-order valence-electron chi connectivity index (χ0n) is 19.8. The second-order valence-corrected chi connectivity index (χ2v) is 10.6. The summed E-state index contributed by atoms with van der Waals surface area (Å²) in [5.74, 6) is -2.72. The van der Waals surface area contributed by atoms with Gasteiger partial charge in [-0.3, -0.25) is 9.59 Å². The Morgan fingerprint density at radius 2 is 1.77 bits per heavy atom. The van der Waals surface area contributed by atoms with Crippen molar-refractivity contribution >= 4 is 17.5 Å². The standard InChI is InChI=1S/C25H27F2N5O3/c1-12(2)32-22(28)20(23(29)34)21(30-32)13-4-17(26)16(18(27)5-13)7-14(33)6-15-8-19(31-35-15)25-9-24(3,10-25)11-25/h4-5,8,12H,6-7,9-11,28H2,1-3H3,(H2,29,34). The van der Waals surface area contributed by atoms with E-state index in [0.29, 0.717) is 11.2 Å². The molecule has 10 heteroatoms. The Labute approximate surface area is 200 Å². The van der Waals surface area contributed by atoms with Gasteiger partial charge >= 0.3 is 0 Å². The molecule has 3 aromatic rings. The van der Waals surface area contributed by atoms with Gasteiger partial charge in [0.05, 0.1) is 12.1 Å². The largest absolute Gasteiger partial charge is 0.383 e. The van der Waals surface area contributed by atoms with Gasteiger partial charge in [-0.15, -0.1) is 0 Å². The highest BCUT2D eigenvalue weighted by Gasteiger charge is 2.66. The molecule has 3 aliphatic rings. The van der Waals surface area contributed by atoms with Crippen LogP contribution in [0.1, 0.15) is 73.5 Å². The van der Waals surface area contributed by atoms with Crippen LogP contribution in [0.2, 0.25) is 0 Å². The lowest BCUT2D eigenvalue weighted by Gasteiger charge is -2.68. The van der Waals surface area contributed by atoms with E-state index in [4.69, 9.17) is 16.0 Å². The lowest BCUT2D eigenvalue weighted by atomic mass is 9.35. The van der Waals surface area contributed by atoms with Crippen molar-refractivity contribution in [3.63, 3.8) is 0 Å². The molecule has 0 radical (unpaired) electrons. The Hall–Kier alpha value is -3.56. The van der Waals surface area contributed by atoms with Crippen molar-refractivity contribution in [1.29, 1.82) is 0 Å². The molecule has 8 nitrogen and oxygen atoms in total. The molecule has 4 N–H and O–H groups in total. The fourth-order valence-electron chi connectivity index (χ4n) is 5.86. The zero-order chi connectivity index (χ0) is 25.3. The summed E-state index contributed by atoms with van der Waals surface area (Å²) in [5, 5.41) is 8.37.